The number of ether oxygens (including phenoxy) is 1. The van der Waals surface area contributed by atoms with Crippen molar-refractivity contribution in [3.05, 3.63) is 28.5 Å². The molecule has 1 saturated carbocycles. The number of benzene rings is 1. The molecule has 0 N–H and O–H groups in total. The Labute approximate surface area is 112 Å². The van der Waals surface area contributed by atoms with Gasteiger partial charge in [0.25, 0.3) is 0 Å². The highest BCUT2D eigenvalue weighted by atomic mass is 79.9. The Kier molecular flexibility index (Phi) is 3.90. The van der Waals surface area contributed by atoms with Crippen molar-refractivity contribution in [3.63, 3.8) is 0 Å². The van der Waals surface area contributed by atoms with Crippen LogP contribution in [0.5, 0.6) is 5.75 Å². The standard InChI is InChI=1S/C12H13Br2FO/c13-7-12(2-1-3-12)8-16-11-5-9(14)4-10(15)6-11/h4-6H,1-3,7-8H2. The lowest BCUT2D eigenvalue weighted by atomic mass is 9.71. The molecule has 0 aromatic heterocycles. The molecule has 1 aliphatic rings. The molecule has 0 saturated heterocycles. The molecule has 0 aliphatic heterocycles. The summed E-state index contributed by atoms with van der Waals surface area (Å²) in [5.41, 5.74) is 0.263. The van der Waals surface area contributed by atoms with Crippen molar-refractivity contribution in [1.29, 1.82) is 0 Å². The van der Waals surface area contributed by atoms with Crippen LogP contribution < -0.4 is 4.74 Å². The summed E-state index contributed by atoms with van der Waals surface area (Å²) in [6.45, 7) is 0.661. The van der Waals surface area contributed by atoms with Crippen LogP contribution in [-0.2, 0) is 0 Å². The molecule has 1 fully saturated rings. The van der Waals surface area contributed by atoms with E-state index in [1.807, 2.05) is 0 Å². The summed E-state index contributed by atoms with van der Waals surface area (Å²) in [6, 6.07) is 4.64. The van der Waals surface area contributed by atoms with Crippen molar-refractivity contribution in [3.8, 4) is 5.75 Å². The maximum Gasteiger partial charge on any atom is 0.128 e. The molecular formula is C12H13Br2FO. The van der Waals surface area contributed by atoms with Crippen molar-refractivity contribution < 1.29 is 9.13 Å². The second-order valence-electron chi connectivity index (χ2n) is 4.38. The molecule has 2 rings (SSSR count). The van der Waals surface area contributed by atoms with E-state index in [2.05, 4.69) is 31.9 Å². The van der Waals surface area contributed by atoms with Crippen LogP contribution in [0.1, 0.15) is 19.3 Å². The van der Waals surface area contributed by atoms with Crippen molar-refractivity contribution in [2.24, 2.45) is 5.41 Å². The van der Waals surface area contributed by atoms with Gasteiger partial charge in [-0.1, -0.05) is 38.3 Å². The van der Waals surface area contributed by atoms with E-state index in [4.69, 9.17) is 4.74 Å². The van der Waals surface area contributed by atoms with Crippen LogP contribution in [-0.4, -0.2) is 11.9 Å². The van der Waals surface area contributed by atoms with E-state index in [-0.39, 0.29) is 11.2 Å². The van der Waals surface area contributed by atoms with E-state index < -0.39 is 0 Å². The van der Waals surface area contributed by atoms with E-state index in [1.54, 1.807) is 6.07 Å². The minimum Gasteiger partial charge on any atom is -0.493 e. The monoisotopic (exact) mass is 350 g/mol. The maximum atomic E-state index is 13.1. The fourth-order valence-electron chi connectivity index (χ4n) is 1.84. The molecule has 0 heterocycles. The highest BCUT2D eigenvalue weighted by molar-refractivity contribution is 9.10. The fraction of sp³-hybridized carbons (Fsp3) is 0.500. The highest BCUT2D eigenvalue weighted by Gasteiger charge is 2.36. The van der Waals surface area contributed by atoms with Gasteiger partial charge in [-0.15, -0.1) is 0 Å². The Morgan fingerprint density at radius 2 is 2.06 bits per heavy atom. The molecule has 4 heteroatoms. The van der Waals surface area contributed by atoms with E-state index in [0.29, 0.717) is 16.8 Å². The van der Waals surface area contributed by atoms with Gasteiger partial charge in [0, 0.05) is 21.3 Å². The molecule has 0 amide bonds. The normalized spacial score (nSPS) is 17.9. The average molecular weight is 352 g/mol. The Hall–Kier alpha value is -0.0900. The van der Waals surface area contributed by atoms with Crippen LogP contribution in [0, 0.1) is 11.2 Å². The van der Waals surface area contributed by atoms with Gasteiger partial charge in [0.1, 0.15) is 11.6 Å². The lowest BCUT2D eigenvalue weighted by Gasteiger charge is -2.39. The van der Waals surface area contributed by atoms with Crippen LogP contribution in [0.2, 0.25) is 0 Å². The summed E-state index contributed by atoms with van der Waals surface area (Å²) in [5.74, 6) is 0.324. The van der Waals surface area contributed by atoms with Crippen LogP contribution in [0.25, 0.3) is 0 Å². The zero-order valence-corrected chi connectivity index (χ0v) is 12.0. The van der Waals surface area contributed by atoms with Crippen LogP contribution in [0.15, 0.2) is 22.7 Å². The van der Waals surface area contributed by atoms with Gasteiger partial charge in [-0.05, 0) is 25.0 Å². The van der Waals surface area contributed by atoms with Crippen molar-refractivity contribution in [2.45, 2.75) is 19.3 Å². The first kappa shape index (κ1) is 12.4. The third kappa shape index (κ3) is 2.77. The van der Waals surface area contributed by atoms with Crippen LogP contribution in [0.4, 0.5) is 4.39 Å². The lowest BCUT2D eigenvalue weighted by molar-refractivity contribution is 0.0836. The Balaban J connectivity index is 1.98. The SMILES string of the molecule is Fc1cc(Br)cc(OCC2(CBr)CCC2)c1. The number of rotatable bonds is 4. The second-order valence-corrected chi connectivity index (χ2v) is 5.86. The first-order valence-corrected chi connectivity index (χ1v) is 7.20. The van der Waals surface area contributed by atoms with Gasteiger partial charge in [-0.25, -0.2) is 4.39 Å². The summed E-state index contributed by atoms with van der Waals surface area (Å²) >= 11 is 6.77. The van der Waals surface area contributed by atoms with Gasteiger partial charge in [0.05, 0.1) is 6.61 Å². The third-order valence-corrected chi connectivity index (χ3v) is 4.73. The highest BCUT2D eigenvalue weighted by Crippen LogP contribution is 2.42. The van der Waals surface area contributed by atoms with Crippen molar-refractivity contribution in [1.82, 2.24) is 0 Å². The van der Waals surface area contributed by atoms with Crippen molar-refractivity contribution in [2.75, 3.05) is 11.9 Å². The smallest absolute Gasteiger partial charge is 0.128 e. The third-order valence-electron chi connectivity index (χ3n) is 3.08. The van der Waals surface area contributed by atoms with Gasteiger partial charge < -0.3 is 4.74 Å². The summed E-state index contributed by atoms with van der Waals surface area (Å²) in [6.07, 6.45) is 3.64. The first-order chi connectivity index (χ1) is 7.63. The van der Waals surface area contributed by atoms with Crippen LogP contribution in [0.3, 0.4) is 0 Å². The molecule has 1 aromatic rings. The average Bonchev–Trinajstić information content (AvgIpc) is 2.15. The topological polar surface area (TPSA) is 9.23 Å². The Morgan fingerprint density at radius 1 is 1.31 bits per heavy atom. The van der Waals surface area contributed by atoms with E-state index in [1.165, 1.54) is 31.4 Å². The zero-order chi connectivity index (χ0) is 11.6. The molecule has 0 bridgehead atoms. The molecule has 0 radical (unpaired) electrons. The molecular weight excluding hydrogens is 339 g/mol. The van der Waals surface area contributed by atoms with Gasteiger partial charge in [0.2, 0.25) is 0 Å². The molecule has 0 unspecified atom stereocenters. The van der Waals surface area contributed by atoms with E-state index >= 15 is 0 Å². The molecule has 0 spiro atoms. The zero-order valence-electron chi connectivity index (χ0n) is 8.81. The van der Waals surface area contributed by atoms with Crippen molar-refractivity contribution >= 4 is 31.9 Å². The Bertz CT molecular complexity index is 352. The van der Waals surface area contributed by atoms with Gasteiger partial charge in [0.15, 0.2) is 0 Å². The largest absolute Gasteiger partial charge is 0.493 e. The number of halogens is 3. The molecule has 1 aliphatic carbocycles. The fourth-order valence-corrected chi connectivity index (χ4v) is 3.01. The maximum absolute atomic E-state index is 13.1. The number of alkyl halides is 1. The molecule has 1 nitrogen and oxygen atoms in total. The minimum absolute atomic E-state index is 0.263. The van der Waals surface area contributed by atoms with E-state index in [9.17, 15) is 4.39 Å². The van der Waals surface area contributed by atoms with E-state index in [0.717, 1.165) is 5.33 Å². The van der Waals surface area contributed by atoms with Gasteiger partial charge in [-0.2, -0.15) is 0 Å². The quantitative estimate of drug-likeness (QED) is 0.724. The lowest BCUT2D eigenvalue weighted by Crippen LogP contribution is -2.37. The predicted molar refractivity (Wildman–Crippen MR) is 69.7 cm³/mol. The molecule has 0 atom stereocenters. The minimum atomic E-state index is -0.272. The predicted octanol–water partition coefficient (Wildman–Crippen LogP) is 4.53. The summed E-state index contributed by atoms with van der Waals surface area (Å²) in [7, 11) is 0. The van der Waals surface area contributed by atoms with Gasteiger partial charge in [-0.3, -0.25) is 0 Å². The summed E-state index contributed by atoms with van der Waals surface area (Å²) < 4.78 is 19.5. The number of hydrogen-bond acceptors (Lipinski definition) is 1. The summed E-state index contributed by atoms with van der Waals surface area (Å²) in [4.78, 5) is 0. The van der Waals surface area contributed by atoms with Crippen LogP contribution >= 0.6 is 31.9 Å². The molecule has 88 valence electrons. The molecule has 1 aromatic carbocycles. The summed E-state index contributed by atoms with van der Waals surface area (Å²) in [5, 5.41) is 0.955. The second kappa shape index (κ2) is 5.05. The molecule has 16 heavy (non-hydrogen) atoms. The first-order valence-electron chi connectivity index (χ1n) is 5.28. The Morgan fingerprint density at radius 3 is 2.56 bits per heavy atom. The van der Waals surface area contributed by atoms with Gasteiger partial charge >= 0.3 is 0 Å². The number of hydrogen-bond donors (Lipinski definition) is 0.